The predicted molar refractivity (Wildman–Crippen MR) is 187 cm³/mol. The molecular weight excluding hydrogens is 641 g/mol. The fourth-order valence-corrected chi connectivity index (χ4v) is 8.01. The lowest BCUT2D eigenvalue weighted by molar-refractivity contribution is 0.0346. The Morgan fingerprint density at radius 1 is 0.980 bits per heavy atom. The number of fused-ring (bicyclic) bond motifs is 5. The summed E-state index contributed by atoms with van der Waals surface area (Å²) in [5.74, 6) is 1.28. The molecule has 0 saturated carbocycles. The maximum Gasteiger partial charge on any atom is 0.264 e. The van der Waals surface area contributed by atoms with Crippen molar-refractivity contribution < 1.29 is 22.7 Å². The molecule has 0 radical (unpaired) electrons. The zero-order chi connectivity index (χ0) is 34.9. The smallest absolute Gasteiger partial charge is 0.264 e. The van der Waals surface area contributed by atoms with E-state index in [1.807, 2.05) is 50.8 Å². The molecule has 0 spiro atoms. The normalized spacial score (nSPS) is 20.6. The van der Waals surface area contributed by atoms with Crippen LogP contribution in [0.25, 0.3) is 11.3 Å². The Bertz CT molecular complexity index is 1910. The molecule has 6 rings (SSSR count). The van der Waals surface area contributed by atoms with E-state index >= 15 is 0 Å². The molecule has 0 aliphatic carbocycles. The fourth-order valence-electron chi connectivity index (χ4n) is 7.02. The first kappa shape index (κ1) is 34.3. The molecule has 4 aromatic rings. The van der Waals surface area contributed by atoms with Crippen LogP contribution in [-0.2, 0) is 10.0 Å². The van der Waals surface area contributed by atoms with Crippen LogP contribution in [0.5, 0.6) is 11.6 Å². The lowest BCUT2D eigenvalue weighted by Crippen LogP contribution is -2.49. The van der Waals surface area contributed by atoms with E-state index in [0.29, 0.717) is 29.6 Å². The molecule has 2 aromatic carbocycles. The van der Waals surface area contributed by atoms with Gasteiger partial charge in [0, 0.05) is 17.2 Å². The Hall–Kier alpha value is -4.58. The van der Waals surface area contributed by atoms with Gasteiger partial charge in [-0.1, -0.05) is 44.5 Å². The number of hydrogen-bond acceptors (Lipinski definition) is 9. The van der Waals surface area contributed by atoms with Crippen LogP contribution in [0.2, 0.25) is 0 Å². The van der Waals surface area contributed by atoms with Crippen molar-refractivity contribution in [3.63, 3.8) is 0 Å². The number of ether oxygens (including phenoxy) is 2. The molecule has 3 atom stereocenters. The third-order valence-corrected chi connectivity index (χ3v) is 10.4. The molecule has 2 aliphatic heterocycles. The number of hydrogen-bond donors (Lipinski definition) is 1. The summed E-state index contributed by atoms with van der Waals surface area (Å²) in [6.45, 7) is 12.3. The van der Waals surface area contributed by atoms with Crippen molar-refractivity contribution in [1.29, 1.82) is 0 Å². The molecular formula is C37H44N6O5S. The number of anilines is 1. The van der Waals surface area contributed by atoms with E-state index in [4.69, 9.17) is 19.4 Å². The molecule has 258 valence electrons. The Morgan fingerprint density at radius 3 is 2.39 bits per heavy atom. The highest BCUT2D eigenvalue weighted by molar-refractivity contribution is 7.92. The molecule has 1 fully saturated rings. The van der Waals surface area contributed by atoms with Gasteiger partial charge in [0.15, 0.2) is 11.6 Å². The zero-order valence-electron chi connectivity index (χ0n) is 28.9. The molecule has 49 heavy (non-hydrogen) atoms. The highest BCUT2D eigenvalue weighted by atomic mass is 32.2. The maximum absolute atomic E-state index is 14.8. The van der Waals surface area contributed by atoms with Gasteiger partial charge in [0.05, 0.1) is 41.2 Å². The Labute approximate surface area is 288 Å². The monoisotopic (exact) mass is 684 g/mol. The average molecular weight is 685 g/mol. The second-order valence-corrected chi connectivity index (χ2v) is 15.4. The molecule has 2 aromatic heterocycles. The van der Waals surface area contributed by atoms with Crippen molar-refractivity contribution in [2.24, 2.45) is 11.8 Å². The Kier molecular flexibility index (Phi) is 9.87. The highest BCUT2D eigenvalue weighted by Crippen LogP contribution is 2.39. The third kappa shape index (κ3) is 7.54. The van der Waals surface area contributed by atoms with Gasteiger partial charge in [-0.25, -0.2) is 28.1 Å². The number of benzene rings is 2. The summed E-state index contributed by atoms with van der Waals surface area (Å²) in [7, 11) is -4.18. The third-order valence-electron chi connectivity index (χ3n) is 9.08. The fraction of sp³-hybridized carbons (Fsp3) is 0.432. The van der Waals surface area contributed by atoms with Crippen molar-refractivity contribution >= 4 is 21.9 Å². The number of rotatable bonds is 6. The van der Waals surface area contributed by atoms with Gasteiger partial charge >= 0.3 is 0 Å². The van der Waals surface area contributed by atoms with Crippen LogP contribution in [0.4, 0.5) is 5.95 Å². The van der Waals surface area contributed by atoms with Crippen LogP contribution in [0, 0.1) is 25.7 Å². The van der Waals surface area contributed by atoms with Crippen LogP contribution in [0.15, 0.2) is 65.8 Å². The summed E-state index contributed by atoms with van der Waals surface area (Å²) in [5.41, 5.74) is 3.60. The zero-order valence-corrected chi connectivity index (χ0v) is 29.7. The molecule has 1 amide bonds. The minimum Gasteiger partial charge on any atom is -0.488 e. The van der Waals surface area contributed by atoms with E-state index in [1.165, 1.54) is 12.1 Å². The lowest BCUT2D eigenvalue weighted by atomic mass is 9.87. The first-order valence-corrected chi connectivity index (χ1v) is 18.4. The van der Waals surface area contributed by atoms with Gasteiger partial charge in [0.25, 0.3) is 15.9 Å². The van der Waals surface area contributed by atoms with Crippen LogP contribution in [-0.4, -0.2) is 57.9 Å². The van der Waals surface area contributed by atoms with Crippen molar-refractivity contribution in [2.45, 2.75) is 90.3 Å². The summed E-state index contributed by atoms with van der Waals surface area (Å²) in [6.07, 6.45) is 6.47. The molecule has 1 N–H and O–H groups in total. The number of carbonyl (C=O) groups is 1. The van der Waals surface area contributed by atoms with Crippen molar-refractivity contribution in [3.8, 4) is 22.9 Å². The first-order valence-electron chi connectivity index (χ1n) is 16.9. The second kappa shape index (κ2) is 14.1. The molecule has 3 unspecified atom stereocenters. The van der Waals surface area contributed by atoms with Crippen LogP contribution in [0.1, 0.15) is 86.7 Å². The Balaban J connectivity index is 1.52. The largest absolute Gasteiger partial charge is 0.488 e. The van der Waals surface area contributed by atoms with Gasteiger partial charge < -0.3 is 14.4 Å². The number of nitrogens with zero attached hydrogens (tertiary/aromatic N) is 5. The summed E-state index contributed by atoms with van der Waals surface area (Å²) in [5, 5.41) is 0. The molecule has 11 nitrogen and oxygen atoms in total. The maximum atomic E-state index is 14.8. The predicted octanol–water partition coefficient (Wildman–Crippen LogP) is 6.93. The molecule has 4 bridgehead atoms. The van der Waals surface area contributed by atoms with E-state index in [9.17, 15) is 13.2 Å². The van der Waals surface area contributed by atoms with Gasteiger partial charge in [-0.2, -0.15) is 4.98 Å². The topological polar surface area (TPSA) is 136 Å². The van der Waals surface area contributed by atoms with Gasteiger partial charge in [-0.05, 0) is 88.1 Å². The highest BCUT2D eigenvalue weighted by Gasteiger charge is 2.41. The van der Waals surface area contributed by atoms with E-state index in [-0.39, 0.29) is 46.8 Å². The summed E-state index contributed by atoms with van der Waals surface area (Å²) in [4.78, 5) is 35.1. The van der Waals surface area contributed by atoms with Crippen LogP contribution >= 0.6 is 0 Å². The van der Waals surface area contributed by atoms with Crippen molar-refractivity contribution in [3.05, 3.63) is 83.4 Å². The van der Waals surface area contributed by atoms with Crippen LogP contribution < -0.4 is 14.2 Å². The van der Waals surface area contributed by atoms with E-state index < -0.39 is 22.1 Å². The number of amides is 1. The molecule has 4 heterocycles. The minimum atomic E-state index is -4.18. The van der Waals surface area contributed by atoms with E-state index in [0.717, 1.165) is 36.0 Å². The van der Waals surface area contributed by atoms with Crippen molar-refractivity contribution in [2.75, 3.05) is 11.3 Å². The summed E-state index contributed by atoms with van der Waals surface area (Å²) < 4.78 is 42.4. The van der Waals surface area contributed by atoms with E-state index in [2.05, 4.69) is 28.5 Å². The summed E-state index contributed by atoms with van der Waals surface area (Å²) in [6, 6.07) is 12.9. The van der Waals surface area contributed by atoms with Crippen molar-refractivity contribution in [1.82, 2.24) is 24.8 Å². The quantitative estimate of drug-likeness (QED) is 0.229. The van der Waals surface area contributed by atoms with Gasteiger partial charge in [0.1, 0.15) is 6.61 Å². The van der Waals surface area contributed by atoms with Crippen LogP contribution in [0.3, 0.4) is 0 Å². The summed E-state index contributed by atoms with van der Waals surface area (Å²) >= 11 is 0. The number of sulfonamides is 1. The number of aryl methyl sites for hydroxylation is 2. The molecule has 12 heteroatoms. The first-order chi connectivity index (χ1) is 23.4. The van der Waals surface area contributed by atoms with Gasteiger partial charge in [-0.3, -0.25) is 4.79 Å². The number of carbonyl (C=O) groups excluding carboxylic acids is 1. The van der Waals surface area contributed by atoms with E-state index in [1.54, 1.807) is 30.6 Å². The lowest BCUT2D eigenvalue weighted by Gasteiger charge is -2.39. The SMILES string of the molecule is Cc1cccc(C)c1-c1cc2nc(n1)NS(=O)(=O)c1cccc(c1)C(=O)N1C(c3ncc(OC(C)C)cn3)CCCC(CC(C)C)C1CO2. The van der Waals surface area contributed by atoms with Gasteiger partial charge in [-0.15, -0.1) is 0 Å². The number of nitrogens with one attached hydrogen (secondary N) is 1. The second-order valence-electron chi connectivity index (χ2n) is 13.7. The molecule has 2 aliphatic rings. The molecule has 1 saturated heterocycles. The standard InChI is InChI=1S/C37H44N6O5S/c1-22(2)16-26-12-9-15-31(35-38-19-28(20-39-35)48-23(3)4)43-32(26)21-47-33-18-30(34-24(5)10-7-11-25(34)6)40-37(41-33)42-49(45,46)29-14-8-13-27(17-29)36(43)44/h7-8,10-11,13-14,17-20,22-23,26,31-32H,9,12,15-16,21H2,1-6H3,(H,40,41,42). The Morgan fingerprint density at radius 2 is 1.69 bits per heavy atom. The van der Waals surface area contributed by atoms with Gasteiger partial charge in [0.2, 0.25) is 11.8 Å². The average Bonchev–Trinajstić information content (AvgIpc) is 3.21. The number of aromatic nitrogens is 4. The minimum absolute atomic E-state index is 0.0398.